The lowest BCUT2D eigenvalue weighted by atomic mass is 10.7. The average molecular weight is 102 g/mol. The highest BCUT2D eigenvalue weighted by Crippen LogP contribution is 1.66. The summed E-state index contributed by atoms with van der Waals surface area (Å²) in [5.74, 6) is -0.123. The lowest BCUT2D eigenvalue weighted by molar-refractivity contribution is -0.119. The van der Waals surface area contributed by atoms with Gasteiger partial charge in [0.05, 0.1) is 0 Å². The largest absolute Gasteiger partial charge is 0.357 e. The Morgan fingerprint density at radius 1 is 1.86 bits per heavy atom. The van der Waals surface area contributed by atoms with Gasteiger partial charge in [0.15, 0.2) is 6.73 Å². The third kappa shape index (κ3) is 5.43. The molecule has 0 fully saturated rings. The normalized spacial score (nSPS) is 8.29. The van der Waals surface area contributed by atoms with Crippen molar-refractivity contribution >= 4 is 5.91 Å². The van der Waals surface area contributed by atoms with Gasteiger partial charge in [0.25, 0.3) is 0 Å². The first-order chi connectivity index (χ1) is 3.27. The van der Waals surface area contributed by atoms with Crippen LogP contribution >= 0.6 is 0 Å². The summed E-state index contributed by atoms with van der Waals surface area (Å²) in [5, 5.41) is 2.31. The van der Waals surface area contributed by atoms with E-state index >= 15 is 0 Å². The second-order valence-corrected chi connectivity index (χ2v) is 1.05. The number of hydrogen-bond acceptors (Lipinski definition) is 2. The maximum atomic E-state index is 9.98. The van der Waals surface area contributed by atoms with Crippen molar-refractivity contribution in [3.63, 3.8) is 0 Å². The third-order valence-electron chi connectivity index (χ3n) is 0.380. The summed E-state index contributed by atoms with van der Waals surface area (Å²) in [7, 11) is 1.47. The smallest absolute Gasteiger partial charge is 0.218 e. The van der Waals surface area contributed by atoms with Crippen molar-refractivity contribution in [2.45, 2.75) is 6.92 Å². The first kappa shape index (κ1) is 6.43. The molecule has 0 saturated carbocycles. The molecule has 0 atom stereocenters. The summed E-state index contributed by atoms with van der Waals surface area (Å²) in [6.07, 6.45) is 0. The molecule has 0 aromatic heterocycles. The molecule has 0 aliphatic rings. The standard InChI is InChI=1S/C4H8NO2/c1-4(6)5-3-7-2/h3H,1-2H3,(H,5,6). The molecule has 0 unspecified atom stereocenters. The summed E-state index contributed by atoms with van der Waals surface area (Å²) < 4.78 is 4.40. The van der Waals surface area contributed by atoms with Gasteiger partial charge in [-0.3, -0.25) is 4.79 Å². The number of methoxy groups -OCH3 is 1. The van der Waals surface area contributed by atoms with Crippen molar-refractivity contribution in [1.29, 1.82) is 0 Å². The Morgan fingerprint density at radius 2 is 2.43 bits per heavy atom. The average Bonchev–Trinajstić information content (AvgIpc) is 1.61. The molecule has 3 nitrogen and oxygen atoms in total. The molecule has 3 heteroatoms. The van der Waals surface area contributed by atoms with Crippen molar-refractivity contribution in [3.05, 3.63) is 6.73 Å². The minimum Gasteiger partial charge on any atom is -0.357 e. The van der Waals surface area contributed by atoms with Crippen LogP contribution in [0.25, 0.3) is 0 Å². The summed E-state index contributed by atoms with van der Waals surface area (Å²) in [5.41, 5.74) is 0. The summed E-state index contributed by atoms with van der Waals surface area (Å²) in [6, 6.07) is 0. The maximum Gasteiger partial charge on any atom is 0.218 e. The van der Waals surface area contributed by atoms with E-state index in [1.807, 2.05) is 0 Å². The molecule has 0 aliphatic carbocycles. The fourth-order valence-corrected chi connectivity index (χ4v) is 0.142. The van der Waals surface area contributed by atoms with E-state index in [-0.39, 0.29) is 5.91 Å². The van der Waals surface area contributed by atoms with E-state index in [9.17, 15) is 4.79 Å². The van der Waals surface area contributed by atoms with Crippen LogP contribution in [0, 0.1) is 6.73 Å². The molecule has 1 N–H and O–H groups in total. The second kappa shape index (κ2) is 3.61. The SMILES string of the molecule is CO[CH]NC(C)=O. The number of carbonyl (C=O) groups is 1. The molecule has 0 aromatic rings. The molecule has 7 heavy (non-hydrogen) atoms. The molecule has 0 bridgehead atoms. The molecule has 0 rings (SSSR count). The minimum atomic E-state index is -0.123. The molecule has 0 aromatic carbocycles. The van der Waals surface area contributed by atoms with Gasteiger partial charge < -0.3 is 10.1 Å². The Labute approximate surface area is 42.7 Å². The van der Waals surface area contributed by atoms with Crippen LogP contribution in [0.4, 0.5) is 0 Å². The van der Waals surface area contributed by atoms with Crippen LogP contribution in [0.3, 0.4) is 0 Å². The lowest BCUT2D eigenvalue weighted by Crippen LogP contribution is -2.16. The van der Waals surface area contributed by atoms with Crippen LogP contribution in [-0.4, -0.2) is 13.0 Å². The highest BCUT2D eigenvalue weighted by molar-refractivity contribution is 5.73. The van der Waals surface area contributed by atoms with Crippen LogP contribution in [0.1, 0.15) is 6.92 Å². The topological polar surface area (TPSA) is 38.3 Å². The Hall–Kier alpha value is -0.570. The molecular weight excluding hydrogens is 94.0 g/mol. The van der Waals surface area contributed by atoms with Crippen LogP contribution in [0.2, 0.25) is 0 Å². The predicted octanol–water partition coefficient (Wildman–Crippen LogP) is -0.112. The Bertz CT molecular complexity index is 62.7. The fourth-order valence-electron chi connectivity index (χ4n) is 0.142. The zero-order valence-electron chi connectivity index (χ0n) is 4.39. The Morgan fingerprint density at radius 3 is 2.57 bits per heavy atom. The Kier molecular flexibility index (Phi) is 3.32. The van der Waals surface area contributed by atoms with Gasteiger partial charge in [0, 0.05) is 14.0 Å². The van der Waals surface area contributed by atoms with E-state index in [1.165, 1.54) is 20.8 Å². The third-order valence-corrected chi connectivity index (χ3v) is 0.380. The number of nitrogens with one attached hydrogen (secondary N) is 1. The van der Waals surface area contributed by atoms with Crippen molar-refractivity contribution in [3.8, 4) is 0 Å². The predicted molar refractivity (Wildman–Crippen MR) is 25.1 cm³/mol. The molecular formula is C4H8NO2. The van der Waals surface area contributed by atoms with Crippen LogP contribution in [-0.2, 0) is 9.53 Å². The molecule has 0 aliphatic heterocycles. The molecule has 1 amide bonds. The molecule has 0 saturated heterocycles. The summed E-state index contributed by atoms with van der Waals surface area (Å²) in [6.45, 7) is 2.64. The molecule has 0 heterocycles. The first-order valence-electron chi connectivity index (χ1n) is 1.89. The van der Waals surface area contributed by atoms with Crippen LogP contribution in [0.15, 0.2) is 0 Å². The van der Waals surface area contributed by atoms with E-state index < -0.39 is 0 Å². The van der Waals surface area contributed by atoms with Gasteiger partial charge in [0.2, 0.25) is 5.91 Å². The number of amides is 1. The number of hydrogen-bond donors (Lipinski definition) is 1. The highest BCUT2D eigenvalue weighted by Gasteiger charge is 1.84. The minimum absolute atomic E-state index is 0.123. The molecule has 0 spiro atoms. The monoisotopic (exact) mass is 102 g/mol. The molecule has 1 radical (unpaired) electrons. The van der Waals surface area contributed by atoms with Crippen LogP contribution in [0.5, 0.6) is 0 Å². The zero-order chi connectivity index (χ0) is 5.70. The highest BCUT2D eigenvalue weighted by atomic mass is 16.5. The van der Waals surface area contributed by atoms with E-state index in [2.05, 4.69) is 10.1 Å². The van der Waals surface area contributed by atoms with Gasteiger partial charge in [-0.1, -0.05) is 0 Å². The van der Waals surface area contributed by atoms with Crippen molar-refractivity contribution in [2.75, 3.05) is 7.11 Å². The van der Waals surface area contributed by atoms with E-state index in [0.29, 0.717) is 0 Å². The Balaban J connectivity index is 2.82. The van der Waals surface area contributed by atoms with Gasteiger partial charge in [-0.05, 0) is 0 Å². The maximum absolute atomic E-state index is 9.98. The van der Waals surface area contributed by atoms with Crippen molar-refractivity contribution in [1.82, 2.24) is 5.32 Å². The van der Waals surface area contributed by atoms with Gasteiger partial charge in [-0.2, -0.15) is 0 Å². The summed E-state index contributed by atoms with van der Waals surface area (Å²) in [4.78, 5) is 9.98. The van der Waals surface area contributed by atoms with E-state index in [0.717, 1.165) is 0 Å². The number of carbonyl (C=O) groups excluding carboxylic acids is 1. The van der Waals surface area contributed by atoms with Gasteiger partial charge >= 0.3 is 0 Å². The zero-order valence-corrected chi connectivity index (χ0v) is 4.39. The fraction of sp³-hybridized carbons (Fsp3) is 0.500. The molecule has 41 valence electrons. The van der Waals surface area contributed by atoms with Crippen molar-refractivity contribution < 1.29 is 9.53 Å². The van der Waals surface area contributed by atoms with E-state index in [4.69, 9.17) is 0 Å². The number of ether oxygens (including phenoxy) is 1. The van der Waals surface area contributed by atoms with E-state index in [1.54, 1.807) is 0 Å². The summed E-state index contributed by atoms with van der Waals surface area (Å²) >= 11 is 0. The van der Waals surface area contributed by atoms with Gasteiger partial charge in [-0.25, -0.2) is 0 Å². The first-order valence-corrected chi connectivity index (χ1v) is 1.89. The quantitative estimate of drug-likeness (QED) is 0.528. The number of rotatable bonds is 2. The van der Waals surface area contributed by atoms with Crippen molar-refractivity contribution in [2.24, 2.45) is 0 Å². The van der Waals surface area contributed by atoms with Gasteiger partial charge in [-0.15, -0.1) is 0 Å². The lowest BCUT2D eigenvalue weighted by Gasteiger charge is -1.93. The van der Waals surface area contributed by atoms with Crippen LogP contribution < -0.4 is 5.32 Å². The van der Waals surface area contributed by atoms with Gasteiger partial charge in [0.1, 0.15) is 0 Å². The second-order valence-electron chi connectivity index (χ2n) is 1.05.